The summed E-state index contributed by atoms with van der Waals surface area (Å²) in [5, 5.41) is 9.26. The zero-order chi connectivity index (χ0) is 13.5. The standard InChI is InChI=1S/C12H19N3O2S/c1-4-9-13-11(8(2)3)15-12(14-9)18-7-5-6-10(16)17/h8H,4-7H2,1-3H3,(H,16,17). The Labute approximate surface area is 111 Å². The van der Waals surface area contributed by atoms with Gasteiger partial charge in [-0.3, -0.25) is 4.79 Å². The molecule has 100 valence electrons. The molecular weight excluding hydrogens is 250 g/mol. The van der Waals surface area contributed by atoms with E-state index in [4.69, 9.17) is 5.11 Å². The van der Waals surface area contributed by atoms with Gasteiger partial charge in [-0.05, 0) is 6.42 Å². The van der Waals surface area contributed by atoms with Crippen molar-refractivity contribution in [1.82, 2.24) is 15.0 Å². The molecule has 0 spiro atoms. The van der Waals surface area contributed by atoms with Crippen molar-refractivity contribution in [3.05, 3.63) is 11.6 Å². The molecule has 0 atom stereocenters. The molecule has 0 bridgehead atoms. The molecule has 0 radical (unpaired) electrons. The lowest BCUT2D eigenvalue weighted by Crippen LogP contribution is -2.06. The van der Waals surface area contributed by atoms with Crippen LogP contribution in [0.15, 0.2) is 5.16 Å². The topological polar surface area (TPSA) is 76.0 Å². The summed E-state index contributed by atoms with van der Waals surface area (Å²) in [5.41, 5.74) is 0. The van der Waals surface area contributed by atoms with Crippen LogP contribution < -0.4 is 0 Å². The Morgan fingerprint density at radius 1 is 1.33 bits per heavy atom. The van der Waals surface area contributed by atoms with Crippen LogP contribution in [-0.2, 0) is 11.2 Å². The largest absolute Gasteiger partial charge is 0.481 e. The van der Waals surface area contributed by atoms with Crippen LogP contribution in [0.25, 0.3) is 0 Å². The number of carboxylic acid groups (broad SMARTS) is 1. The van der Waals surface area contributed by atoms with Gasteiger partial charge in [-0.15, -0.1) is 0 Å². The van der Waals surface area contributed by atoms with E-state index in [2.05, 4.69) is 15.0 Å². The smallest absolute Gasteiger partial charge is 0.303 e. The first kappa shape index (κ1) is 14.9. The molecule has 1 aromatic rings. The average Bonchev–Trinajstić information content (AvgIpc) is 2.34. The highest BCUT2D eigenvalue weighted by atomic mass is 32.2. The van der Waals surface area contributed by atoms with Gasteiger partial charge in [0.05, 0.1) is 0 Å². The number of thioether (sulfide) groups is 1. The number of nitrogens with zero attached hydrogens (tertiary/aromatic N) is 3. The second-order valence-corrected chi connectivity index (χ2v) is 5.31. The molecule has 1 N–H and O–H groups in total. The zero-order valence-corrected chi connectivity index (χ0v) is 11.8. The van der Waals surface area contributed by atoms with Gasteiger partial charge in [0.2, 0.25) is 0 Å². The molecule has 0 aliphatic rings. The summed E-state index contributed by atoms with van der Waals surface area (Å²) in [6.45, 7) is 6.11. The maximum absolute atomic E-state index is 10.4. The van der Waals surface area contributed by atoms with E-state index in [1.807, 2.05) is 20.8 Å². The minimum Gasteiger partial charge on any atom is -0.481 e. The summed E-state index contributed by atoms with van der Waals surface area (Å²) < 4.78 is 0. The molecule has 1 aromatic heterocycles. The van der Waals surface area contributed by atoms with Crippen molar-refractivity contribution in [1.29, 1.82) is 0 Å². The Hall–Kier alpha value is -1.17. The summed E-state index contributed by atoms with van der Waals surface area (Å²) >= 11 is 1.50. The fourth-order valence-corrected chi connectivity index (χ4v) is 2.08. The van der Waals surface area contributed by atoms with Gasteiger partial charge >= 0.3 is 5.97 Å². The number of aliphatic carboxylic acids is 1. The number of rotatable bonds is 7. The molecule has 0 saturated heterocycles. The lowest BCUT2D eigenvalue weighted by molar-refractivity contribution is -0.137. The van der Waals surface area contributed by atoms with Gasteiger partial charge in [0, 0.05) is 24.5 Å². The van der Waals surface area contributed by atoms with Crippen LogP contribution in [0.5, 0.6) is 0 Å². The first-order chi connectivity index (χ1) is 8.52. The fraction of sp³-hybridized carbons (Fsp3) is 0.667. The van der Waals surface area contributed by atoms with Crippen LogP contribution in [0.4, 0.5) is 0 Å². The molecule has 0 saturated carbocycles. The molecule has 0 fully saturated rings. The van der Waals surface area contributed by atoms with Crippen molar-refractivity contribution in [2.24, 2.45) is 0 Å². The van der Waals surface area contributed by atoms with E-state index in [0.717, 1.165) is 23.8 Å². The molecule has 1 rings (SSSR count). The van der Waals surface area contributed by atoms with E-state index < -0.39 is 5.97 Å². The highest BCUT2D eigenvalue weighted by molar-refractivity contribution is 7.99. The summed E-state index contributed by atoms with van der Waals surface area (Å²) in [6, 6.07) is 0. The number of carboxylic acids is 1. The minimum atomic E-state index is -0.761. The molecule has 0 aliphatic heterocycles. The Balaban J connectivity index is 2.63. The van der Waals surface area contributed by atoms with E-state index in [0.29, 0.717) is 11.6 Å². The van der Waals surface area contributed by atoms with Gasteiger partial charge in [0.15, 0.2) is 5.16 Å². The van der Waals surface area contributed by atoms with Crippen LogP contribution in [0.3, 0.4) is 0 Å². The van der Waals surface area contributed by atoms with E-state index in [9.17, 15) is 4.79 Å². The summed E-state index contributed by atoms with van der Waals surface area (Å²) in [6.07, 6.45) is 1.60. The summed E-state index contributed by atoms with van der Waals surface area (Å²) in [4.78, 5) is 23.5. The number of hydrogen-bond acceptors (Lipinski definition) is 5. The highest BCUT2D eigenvalue weighted by Gasteiger charge is 2.09. The van der Waals surface area contributed by atoms with Crippen LogP contribution in [0, 0.1) is 0 Å². The van der Waals surface area contributed by atoms with E-state index in [1.54, 1.807) is 0 Å². The first-order valence-corrected chi connectivity index (χ1v) is 7.11. The molecule has 6 heteroatoms. The quantitative estimate of drug-likeness (QED) is 0.605. The van der Waals surface area contributed by atoms with Crippen LogP contribution in [-0.4, -0.2) is 31.8 Å². The molecule has 0 unspecified atom stereocenters. The summed E-state index contributed by atoms with van der Waals surface area (Å²) in [7, 11) is 0. The predicted octanol–water partition coefficient (Wildman–Crippen LogP) is 2.51. The minimum absolute atomic E-state index is 0.190. The van der Waals surface area contributed by atoms with Crippen LogP contribution in [0.1, 0.15) is 51.2 Å². The van der Waals surface area contributed by atoms with Crippen molar-refractivity contribution in [2.75, 3.05) is 5.75 Å². The Kier molecular flexibility index (Phi) is 6.04. The van der Waals surface area contributed by atoms with Crippen LogP contribution >= 0.6 is 11.8 Å². The number of aromatic nitrogens is 3. The second-order valence-electron chi connectivity index (χ2n) is 4.25. The van der Waals surface area contributed by atoms with E-state index in [-0.39, 0.29) is 12.3 Å². The Morgan fingerprint density at radius 3 is 2.61 bits per heavy atom. The third-order valence-corrected chi connectivity index (χ3v) is 3.21. The van der Waals surface area contributed by atoms with Gasteiger partial charge < -0.3 is 5.11 Å². The van der Waals surface area contributed by atoms with Gasteiger partial charge in [0.1, 0.15) is 11.6 Å². The monoisotopic (exact) mass is 269 g/mol. The molecule has 0 aliphatic carbocycles. The fourth-order valence-electron chi connectivity index (χ4n) is 1.28. The van der Waals surface area contributed by atoms with Gasteiger partial charge in [-0.1, -0.05) is 32.5 Å². The third kappa shape index (κ3) is 5.00. The average molecular weight is 269 g/mol. The molecule has 5 nitrogen and oxygen atoms in total. The number of aryl methyl sites for hydroxylation is 1. The second kappa shape index (κ2) is 7.31. The van der Waals surface area contributed by atoms with E-state index >= 15 is 0 Å². The lowest BCUT2D eigenvalue weighted by atomic mass is 10.2. The SMILES string of the molecule is CCc1nc(SCCCC(=O)O)nc(C(C)C)n1. The molecule has 0 aromatic carbocycles. The predicted molar refractivity (Wildman–Crippen MR) is 70.9 cm³/mol. The van der Waals surface area contributed by atoms with Crippen molar-refractivity contribution in [3.63, 3.8) is 0 Å². The van der Waals surface area contributed by atoms with Gasteiger partial charge in [0.25, 0.3) is 0 Å². The third-order valence-electron chi connectivity index (χ3n) is 2.28. The Morgan fingerprint density at radius 2 is 2.06 bits per heavy atom. The van der Waals surface area contributed by atoms with Gasteiger partial charge in [-0.25, -0.2) is 15.0 Å². The van der Waals surface area contributed by atoms with Crippen molar-refractivity contribution < 1.29 is 9.90 Å². The molecule has 1 heterocycles. The molecule has 0 amide bonds. The van der Waals surface area contributed by atoms with E-state index in [1.165, 1.54) is 11.8 Å². The van der Waals surface area contributed by atoms with Crippen molar-refractivity contribution in [2.45, 2.75) is 51.1 Å². The maximum Gasteiger partial charge on any atom is 0.303 e. The summed E-state index contributed by atoms with van der Waals surface area (Å²) in [5.74, 6) is 1.84. The lowest BCUT2D eigenvalue weighted by Gasteiger charge is -2.07. The molecule has 18 heavy (non-hydrogen) atoms. The number of hydrogen-bond donors (Lipinski definition) is 1. The zero-order valence-electron chi connectivity index (χ0n) is 11.0. The van der Waals surface area contributed by atoms with Crippen LogP contribution in [0.2, 0.25) is 0 Å². The Bertz CT molecular complexity index is 410. The highest BCUT2D eigenvalue weighted by Crippen LogP contribution is 2.18. The molecular formula is C12H19N3O2S. The van der Waals surface area contributed by atoms with Crippen molar-refractivity contribution >= 4 is 17.7 Å². The maximum atomic E-state index is 10.4. The number of carbonyl (C=O) groups is 1. The first-order valence-electron chi connectivity index (χ1n) is 6.12. The van der Waals surface area contributed by atoms with Crippen molar-refractivity contribution in [3.8, 4) is 0 Å². The van der Waals surface area contributed by atoms with Gasteiger partial charge in [-0.2, -0.15) is 0 Å². The normalized spacial score (nSPS) is 10.9.